The van der Waals surface area contributed by atoms with Gasteiger partial charge >= 0.3 is 0 Å². The summed E-state index contributed by atoms with van der Waals surface area (Å²) in [5.41, 5.74) is 5.66. The van der Waals surface area contributed by atoms with Crippen LogP contribution in [0.1, 0.15) is 45.4 Å². The average Bonchev–Trinajstić information content (AvgIpc) is 2.11. The van der Waals surface area contributed by atoms with Crippen LogP contribution < -0.4 is 5.73 Å². The van der Waals surface area contributed by atoms with Gasteiger partial charge in [0.2, 0.25) is 0 Å². The van der Waals surface area contributed by atoms with Crippen molar-refractivity contribution in [2.75, 3.05) is 19.1 Å². The summed E-state index contributed by atoms with van der Waals surface area (Å²) >= 11 is 0. The highest BCUT2D eigenvalue weighted by Gasteiger charge is 2.03. The van der Waals surface area contributed by atoms with Crippen molar-refractivity contribution >= 4 is 13.2 Å². The van der Waals surface area contributed by atoms with Crippen LogP contribution in [0.5, 0.6) is 0 Å². The Morgan fingerprint density at radius 3 is 2.15 bits per heavy atom. The summed E-state index contributed by atoms with van der Waals surface area (Å²) in [5.74, 6) is 0. The van der Waals surface area contributed by atoms with E-state index in [1.54, 1.807) is 0 Å². The SMILES string of the molecule is C=P(C)(CN)CCCCCCCC. The molecule has 0 fully saturated rings. The molecular weight excluding hydrogens is 177 g/mol. The molecule has 2 heteroatoms. The van der Waals surface area contributed by atoms with Crippen molar-refractivity contribution in [3.05, 3.63) is 0 Å². The lowest BCUT2D eigenvalue weighted by Gasteiger charge is -2.15. The molecular formula is C11H26NP. The molecule has 0 heterocycles. The van der Waals surface area contributed by atoms with Crippen LogP contribution in [0, 0.1) is 0 Å². The zero-order valence-corrected chi connectivity index (χ0v) is 10.3. The van der Waals surface area contributed by atoms with Gasteiger partial charge in [-0.3, -0.25) is 0 Å². The van der Waals surface area contributed by atoms with Crippen molar-refractivity contribution < 1.29 is 0 Å². The lowest BCUT2D eigenvalue weighted by atomic mass is 10.1. The van der Waals surface area contributed by atoms with Gasteiger partial charge < -0.3 is 5.73 Å². The molecule has 80 valence electrons. The molecule has 1 atom stereocenters. The molecule has 0 aliphatic heterocycles. The Bertz CT molecular complexity index is 154. The molecule has 0 aromatic heterocycles. The molecule has 0 spiro atoms. The summed E-state index contributed by atoms with van der Waals surface area (Å²) < 4.78 is 0. The van der Waals surface area contributed by atoms with Gasteiger partial charge in [0.15, 0.2) is 0 Å². The number of nitrogens with two attached hydrogens (primary N) is 1. The van der Waals surface area contributed by atoms with Crippen molar-refractivity contribution in [1.82, 2.24) is 0 Å². The highest BCUT2D eigenvalue weighted by Crippen LogP contribution is 2.38. The van der Waals surface area contributed by atoms with Gasteiger partial charge in [-0.25, -0.2) is 0 Å². The Morgan fingerprint density at radius 2 is 1.62 bits per heavy atom. The minimum Gasteiger partial charge on any atom is -0.327 e. The number of hydrogen-bond acceptors (Lipinski definition) is 1. The van der Waals surface area contributed by atoms with Crippen molar-refractivity contribution in [3.63, 3.8) is 0 Å². The van der Waals surface area contributed by atoms with Crippen molar-refractivity contribution in [1.29, 1.82) is 0 Å². The minimum atomic E-state index is -0.951. The largest absolute Gasteiger partial charge is 0.327 e. The molecule has 0 radical (unpaired) electrons. The maximum absolute atomic E-state index is 5.66. The van der Waals surface area contributed by atoms with E-state index in [9.17, 15) is 0 Å². The predicted octanol–water partition coefficient (Wildman–Crippen LogP) is 3.34. The van der Waals surface area contributed by atoms with Crippen LogP contribution in [0.3, 0.4) is 0 Å². The molecule has 1 unspecified atom stereocenters. The third-order valence-corrected chi connectivity index (χ3v) is 4.77. The van der Waals surface area contributed by atoms with E-state index in [2.05, 4.69) is 19.9 Å². The van der Waals surface area contributed by atoms with E-state index >= 15 is 0 Å². The van der Waals surface area contributed by atoms with E-state index < -0.39 is 6.89 Å². The molecule has 0 aliphatic carbocycles. The molecule has 0 saturated carbocycles. The second kappa shape index (κ2) is 7.64. The Kier molecular flexibility index (Phi) is 7.80. The normalized spacial score (nSPS) is 15.6. The summed E-state index contributed by atoms with van der Waals surface area (Å²) in [6, 6.07) is 0. The fourth-order valence-electron chi connectivity index (χ4n) is 1.37. The number of unbranched alkanes of at least 4 members (excludes halogenated alkanes) is 5. The molecule has 13 heavy (non-hydrogen) atoms. The second-order valence-electron chi connectivity index (χ2n) is 4.29. The fraction of sp³-hybridized carbons (Fsp3) is 0.909. The summed E-state index contributed by atoms with van der Waals surface area (Å²) in [5, 5.41) is 0. The summed E-state index contributed by atoms with van der Waals surface area (Å²) in [6.45, 7) is 3.57. The van der Waals surface area contributed by atoms with Crippen LogP contribution in [0.4, 0.5) is 0 Å². The topological polar surface area (TPSA) is 26.0 Å². The van der Waals surface area contributed by atoms with E-state index in [0.717, 1.165) is 6.29 Å². The van der Waals surface area contributed by atoms with Crippen molar-refractivity contribution in [2.45, 2.75) is 45.4 Å². The molecule has 0 aliphatic rings. The van der Waals surface area contributed by atoms with Gasteiger partial charge in [-0.15, -0.1) is 6.89 Å². The van der Waals surface area contributed by atoms with Gasteiger partial charge in [-0.05, 0) is 19.2 Å². The molecule has 0 rings (SSSR count). The van der Waals surface area contributed by atoms with E-state index in [1.807, 2.05) is 0 Å². The number of hydrogen-bond donors (Lipinski definition) is 1. The standard InChI is InChI=1S/C11H26NP/c1-4-5-6-7-8-9-10-13(2,3)11-12/h2,4-12H2,1,3H3. The Hall–Kier alpha value is 0.260. The van der Waals surface area contributed by atoms with Crippen molar-refractivity contribution in [3.8, 4) is 0 Å². The van der Waals surface area contributed by atoms with Gasteiger partial charge in [0.25, 0.3) is 0 Å². The summed E-state index contributed by atoms with van der Waals surface area (Å²) in [6.07, 6.45) is 14.6. The molecule has 0 saturated heterocycles. The van der Waals surface area contributed by atoms with Crippen LogP contribution in [-0.4, -0.2) is 25.4 Å². The zero-order chi connectivity index (χ0) is 10.2. The van der Waals surface area contributed by atoms with Gasteiger partial charge in [-0.2, -0.15) is 0 Å². The summed E-state index contributed by atoms with van der Waals surface area (Å²) in [4.78, 5) is 0. The van der Waals surface area contributed by atoms with Crippen LogP contribution in [0.2, 0.25) is 0 Å². The van der Waals surface area contributed by atoms with E-state index in [4.69, 9.17) is 5.73 Å². The molecule has 0 bridgehead atoms. The van der Waals surface area contributed by atoms with Gasteiger partial charge in [0.05, 0.1) is 0 Å². The Balaban J connectivity index is 3.21. The minimum absolute atomic E-state index is 0.821. The monoisotopic (exact) mass is 203 g/mol. The third kappa shape index (κ3) is 8.59. The average molecular weight is 203 g/mol. The first-order chi connectivity index (χ1) is 6.12. The van der Waals surface area contributed by atoms with Crippen LogP contribution in [-0.2, 0) is 0 Å². The van der Waals surface area contributed by atoms with Crippen LogP contribution >= 0.6 is 6.89 Å². The highest BCUT2D eigenvalue weighted by atomic mass is 31.2. The van der Waals surface area contributed by atoms with Gasteiger partial charge in [0, 0.05) is 6.29 Å². The highest BCUT2D eigenvalue weighted by molar-refractivity contribution is 7.72. The molecule has 2 N–H and O–H groups in total. The maximum atomic E-state index is 5.66. The van der Waals surface area contributed by atoms with Gasteiger partial charge in [-0.1, -0.05) is 45.3 Å². The predicted molar refractivity (Wildman–Crippen MR) is 67.3 cm³/mol. The zero-order valence-electron chi connectivity index (χ0n) is 9.39. The maximum Gasteiger partial charge on any atom is 0.0118 e. The first-order valence-corrected chi connectivity index (χ1v) is 8.30. The summed E-state index contributed by atoms with van der Waals surface area (Å²) in [7, 11) is 0. The molecule has 0 amide bonds. The first-order valence-electron chi connectivity index (χ1n) is 5.51. The molecule has 1 nitrogen and oxygen atoms in total. The lowest BCUT2D eigenvalue weighted by molar-refractivity contribution is 0.626. The number of rotatable bonds is 8. The van der Waals surface area contributed by atoms with E-state index in [-0.39, 0.29) is 0 Å². The van der Waals surface area contributed by atoms with E-state index in [1.165, 1.54) is 44.7 Å². The molecule has 0 aromatic carbocycles. The van der Waals surface area contributed by atoms with Crippen molar-refractivity contribution in [2.24, 2.45) is 5.73 Å². The smallest absolute Gasteiger partial charge is 0.0118 e. The first kappa shape index (κ1) is 13.3. The van der Waals surface area contributed by atoms with Gasteiger partial charge in [0.1, 0.15) is 0 Å². The third-order valence-electron chi connectivity index (χ3n) is 2.49. The quantitative estimate of drug-likeness (QED) is 0.475. The van der Waals surface area contributed by atoms with E-state index in [0.29, 0.717) is 0 Å². The molecule has 0 aromatic rings. The fourth-order valence-corrected chi connectivity index (χ4v) is 2.53. The Morgan fingerprint density at radius 1 is 1.08 bits per heavy atom. The lowest BCUT2D eigenvalue weighted by Crippen LogP contribution is -2.03. The second-order valence-corrected chi connectivity index (χ2v) is 8.34. The Labute approximate surface area is 84.1 Å². The van der Waals surface area contributed by atoms with Crippen LogP contribution in [0.15, 0.2) is 0 Å². The van der Waals surface area contributed by atoms with Crippen LogP contribution in [0.25, 0.3) is 0 Å².